The Hall–Kier alpha value is 0.0400. The lowest BCUT2D eigenvalue weighted by molar-refractivity contribution is 0.579. The van der Waals surface area contributed by atoms with Gasteiger partial charge in [0.25, 0.3) is 0 Å². The molecule has 0 radical (unpaired) electrons. The maximum atomic E-state index is 12.3. The Morgan fingerprint density at radius 1 is 1.20 bits per heavy atom. The van der Waals surface area contributed by atoms with Crippen LogP contribution in [0.4, 0.5) is 8.78 Å². The zero-order valence-corrected chi connectivity index (χ0v) is 11.7. The molecule has 0 aromatic heterocycles. The van der Waals surface area contributed by atoms with Crippen molar-refractivity contribution in [1.29, 1.82) is 0 Å². The molecule has 0 heterocycles. The quantitative estimate of drug-likeness (QED) is 0.397. The maximum absolute atomic E-state index is 12.3. The van der Waals surface area contributed by atoms with Gasteiger partial charge in [0.1, 0.15) is 11.6 Å². The molecule has 0 aliphatic rings. The van der Waals surface area contributed by atoms with Gasteiger partial charge >= 0.3 is 0 Å². The highest BCUT2D eigenvalue weighted by molar-refractivity contribution is 9.10. The summed E-state index contributed by atoms with van der Waals surface area (Å²) < 4.78 is 24.7. The number of hydrogen-bond acceptors (Lipinski definition) is 0. The molecule has 1 aromatic carbocycles. The average molecular weight is 344 g/mol. The summed E-state index contributed by atoms with van der Waals surface area (Å²) in [4.78, 5) is 0. The molecule has 0 N–H and O–H groups in total. The fourth-order valence-corrected chi connectivity index (χ4v) is 1.46. The highest BCUT2D eigenvalue weighted by Gasteiger charge is 1.97. The molecule has 0 saturated heterocycles. The monoisotopic (exact) mass is 342 g/mol. The van der Waals surface area contributed by atoms with Crippen LogP contribution in [-0.2, 0) is 0 Å². The third-order valence-electron chi connectivity index (χ3n) is 1.62. The second kappa shape index (κ2) is 9.28. The standard InChI is InChI=1S/C6H3BrF2.C5H11Br/c7-5-2-1-4(8)3-6(5)9;1-2-3-4-5-6/h1-3H;2-5H2,1H3. The zero-order chi connectivity index (χ0) is 11.7. The van der Waals surface area contributed by atoms with Crippen molar-refractivity contribution < 1.29 is 8.78 Å². The summed E-state index contributed by atoms with van der Waals surface area (Å²) in [6.07, 6.45) is 4.02. The predicted octanol–water partition coefficient (Wildman–Crippen LogP) is 5.30. The van der Waals surface area contributed by atoms with E-state index in [9.17, 15) is 8.78 Å². The molecule has 0 unspecified atom stereocenters. The second-order valence-corrected chi connectivity index (χ2v) is 4.60. The largest absolute Gasteiger partial charge is 0.207 e. The minimum Gasteiger partial charge on any atom is -0.207 e. The number of halogens is 4. The highest BCUT2D eigenvalue weighted by atomic mass is 79.9. The summed E-state index contributed by atoms with van der Waals surface area (Å²) in [5.41, 5.74) is 0. The van der Waals surface area contributed by atoms with Crippen LogP contribution in [0.3, 0.4) is 0 Å². The van der Waals surface area contributed by atoms with Crippen molar-refractivity contribution in [2.75, 3.05) is 5.33 Å². The molecule has 15 heavy (non-hydrogen) atoms. The van der Waals surface area contributed by atoms with E-state index < -0.39 is 11.6 Å². The normalized spacial score (nSPS) is 9.40. The molecule has 0 atom stereocenters. The third kappa shape index (κ3) is 7.91. The van der Waals surface area contributed by atoms with Crippen molar-refractivity contribution >= 4 is 31.9 Å². The summed E-state index contributed by atoms with van der Waals surface area (Å²) in [6.45, 7) is 2.21. The maximum Gasteiger partial charge on any atom is 0.140 e. The van der Waals surface area contributed by atoms with E-state index in [1.54, 1.807) is 0 Å². The fraction of sp³-hybridized carbons (Fsp3) is 0.455. The number of alkyl halides is 1. The smallest absolute Gasteiger partial charge is 0.140 e. The first kappa shape index (κ1) is 15.0. The Morgan fingerprint density at radius 2 is 1.87 bits per heavy atom. The van der Waals surface area contributed by atoms with Gasteiger partial charge in [-0.1, -0.05) is 35.7 Å². The molecule has 0 nitrogen and oxygen atoms in total. The molecular formula is C11H14Br2F2. The molecule has 0 bridgehead atoms. The van der Waals surface area contributed by atoms with E-state index in [4.69, 9.17) is 0 Å². The van der Waals surface area contributed by atoms with Gasteiger partial charge < -0.3 is 0 Å². The van der Waals surface area contributed by atoms with Gasteiger partial charge in [0, 0.05) is 11.4 Å². The van der Waals surface area contributed by atoms with Crippen LogP contribution >= 0.6 is 31.9 Å². The van der Waals surface area contributed by atoms with E-state index in [2.05, 4.69) is 38.8 Å². The first-order chi connectivity index (χ1) is 7.11. The Bertz CT molecular complexity index is 273. The lowest BCUT2D eigenvalue weighted by Gasteiger charge is -1.90. The van der Waals surface area contributed by atoms with E-state index in [0.29, 0.717) is 0 Å². The SMILES string of the molecule is CCCCCBr.Fc1ccc(Br)c(F)c1. The molecule has 86 valence electrons. The van der Waals surface area contributed by atoms with Gasteiger partial charge in [-0.25, -0.2) is 8.78 Å². The lowest BCUT2D eigenvalue weighted by atomic mass is 10.3. The van der Waals surface area contributed by atoms with Crippen LogP contribution in [0.15, 0.2) is 22.7 Å². The molecule has 0 aliphatic heterocycles. The fourth-order valence-electron chi connectivity index (χ4n) is 0.815. The molecule has 0 spiro atoms. The van der Waals surface area contributed by atoms with Crippen molar-refractivity contribution in [2.24, 2.45) is 0 Å². The van der Waals surface area contributed by atoms with Gasteiger partial charge in [-0.15, -0.1) is 0 Å². The molecule has 0 amide bonds. The molecule has 1 rings (SSSR count). The topological polar surface area (TPSA) is 0 Å². The van der Waals surface area contributed by atoms with E-state index in [-0.39, 0.29) is 4.47 Å². The van der Waals surface area contributed by atoms with Crippen LogP contribution in [0.2, 0.25) is 0 Å². The van der Waals surface area contributed by atoms with Crippen molar-refractivity contribution in [3.05, 3.63) is 34.3 Å². The van der Waals surface area contributed by atoms with Gasteiger partial charge in [0.05, 0.1) is 4.47 Å². The van der Waals surface area contributed by atoms with Crippen LogP contribution in [0.1, 0.15) is 26.2 Å². The number of rotatable bonds is 3. The molecule has 0 fully saturated rings. The average Bonchev–Trinajstić information content (AvgIpc) is 2.22. The van der Waals surface area contributed by atoms with Crippen LogP contribution in [-0.4, -0.2) is 5.33 Å². The van der Waals surface area contributed by atoms with Crippen LogP contribution in [0.5, 0.6) is 0 Å². The number of unbranched alkanes of at least 4 members (excludes halogenated alkanes) is 2. The van der Waals surface area contributed by atoms with E-state index >= 15 is 0 Å². The second-order valence-electron chi connectivity index (χ2n) is 2.95. The predicted molar refractivity (Wildman–Crippen MR) is 67.4 cm³/mol. The van der Waals surface area contributed by atoms with E-state index in [1.807, 2.05) is 0 Å². The zero-order valence-electron chi connectivity index (χ0n) is 8.57. The molecule has 1 aromatic rings. The summed E-state index contributed by atoms with van der Waals surface area (Å²) in [5.74, 6) is -1.13. The van der Waals surface area contributed by atoms with E-state index in [0.717, 1.165) is 6.07 Å². The Kier molecular flexibility index (Phi) is 9.30. The molecule has 4 heteroatoms. The molecule has 0 aliphatic carbocycles. The Labute approximate surface area is 106 Å². The summed E-state index contributed by atoms with van der Waals surface area (Å²) in [6, 6.07) is 3.34. The minimum atomic E-state index is -0.574. The van der Waals surface area contributed by atoms with Crippen LogP contribution in [0, 0.1) is 11.6 Å². The van der Waals surface area contributed by atoms with Gasteiger partial charge in [-0.05, 0) is 34.5 Å². The van der Waals surface area contributed by atoms with Gasteiger partial charge in [-0.2, -0.15) is 0 Å². The van der Waals surface area contributed by atoms with Gasteiger partial charge in [0.2, 0.25) is 0 Å². The van der Waals surface area contributed by atoms with Crippen LogP contribution < -0.4 is 0 Å². The van der Waals surface area contributed by atoms with Crippen molar-refractivity contribution in [1.82, 2.24) is 0 Å². The minimum absolute atomic E-state index is 0.281. The third-order valence-corrected chi connectivity index (χ3v) is 2.82. The van der Waals surface area contributed by atoms with Crippen LogP contribution in [0.25, 0.3) is 0 Å². The van der Waals surface area contributed by atoms with Crippen molar-refractivity contribution in [3.63, 3.8) is 0 Å². The summed E-state index contributed by atoms with van der Waals surface area (Å²) in [5, 5.41) is 1.17. The first-order valence-corrected chi connectivity index (χ1v) is 6.69. The molecule has 0 saturated carbocycles. The highest BCUT2D eigenvalue weighted by Crippen LogP contribution is 2.14. The number of benzene rings is 1. The first-order valence-electron chi connectivity index (χ1n) is 4.78. The van der Waals surface area contributed by atoms with E-state index in [1.165, 1.54) is 36.7 Å². The van der Waals surface area contributed by atoms with Gasteiger partial charge in [0.15, 0.2) is 0 Å². The molecular weight excluding hydrogens is 330 g/mol. The Balaban J connectivity index is 0.000000288. The summed E-state index contributed by atoms with van der Waals surface area (Å²) in [7, 11) is 0. The lowest BCUT2D eigenvalue weighted by Crippen LogP contribution is -1.78. The summed E-state index contributed by atoms with van der Waals surface area (Å²) >= 11 is 6.24. The van der Waals surface area contributed by atoms with Crippen molar-refractivity contribution in [2.45, 2.75) is 26.2 Å². The van der Waals surface area contributed by atoms with Crippen molar-refractivity contribution in [3.8, 4) is 0 Å². The number of hydrogen-bond donors (Lipinski definition) is 0. The van der Waals surface area contributed by atoms with Gasteiger partial charge in [-0.3, -0.25) is 0 Å². The Morgan fingerprint density at radius 3 is 2.20 bits per heavy atom.